The molecule has 1 amide bonds. The molecule has 2 atom stereocenters. The first-order valence-corrected chi connectivity index (χ1v) is 16.7. The quantitative estimate of drug-likeness (QED) is 0.364. The largest absolute Gasteiger partial charge is 0.393 e. The van der Waals surface area contributed by atoms with Crippen molar-refractivity contribution in [3.63, 3.8) is 0 Å². The summed E-state index contributed by atoms with van der Waals surface area (Å²) in [6.07, 6.45) is 3.76. The Morgan fingerprint density at radius 2 is 1.95 bits per heavy atom. The number of piperidine rings is 1. The second-order valence-electron chi connectivity index (χ2n) is 12.3. The highest BCUT2D eigenvalue weighted by Gasteiger charge is 2.38. The third kappa shape index (κ3) is 6.30. The normalized spacial score (nSPS) is 20.8. The number of hydrogen-bond donors (Lipinski definition) is 2. The van der Waals surface area contributed by atoms with Gasteiger partial charge in [0.15, 0.2) is 14.9 Å². The van der Waals surface area contributed by atoms with Crippen LogP contribution in [0.25, 0.3) is 10.9 Å². The van der Waals surface area contributed by atoms with Gasteiger partial charge >= 0.3 is 0 Å². The van der Waals surface area contributed by atoms with Gasteiger partial charge in [-0.15, -0.1) is 0 Å². The minimum atomic E-state index is -3.54. The summed E-state index contributed by atoms with van der Waals surface area (Å²) in [5.41, 5.74) is 6.97. The summed E-state index contributed by atoms with van der Waals surface area (Å²) in [5.74, 6) is -2.32. The van der Waals surface area contributed by atoms with Gasteiger partial charge in [0.2, 0.25) is 5.91 Å². The first-order valence-electron chi connectivity index (χ1n) is 15.1. The van der Waals surface area contributed by atoms with Gasteiger partial charge in [-0.1, -0.05) is 26.8 Å². The number of aromatic nitrogens is 2. The van der Waals surface area contributed by atoms with Crippen molar-refractivity contribution in [2.24, 2.45) is 11.7 Å². The summed E-state index contributed by atoms with van der Waals surface area (Å²) in [6, 6.07) is 6.03. The number of nitrogens with two attached hydrogens (primary N) is 1. The Kier molecular flexibility index (Phi) is 8.89. The van der Waals surface area contributed by atoms with E-state index in [4.69, 9.17) is 5.73 Å². The van der Waals surface area contributed by atoms with Gasteiger partial charge in [-0.2, -0.15) is 0 Å². The molecule has 3 N–H and O–H groups in total. The number of aryl methyl sites for hydroxylation is 1. The van der Waals surface area contributed by atoms with Gasteiger partial charge in [0.1, 0.15) is 17.0 Å². The van der Waals surface area contributed by atoms with Gasteiger partial charge in [0.25, 0.3) is 0 Å². The van der Waals surface area contributed by atoms with Crippen LogP contribution in [0.1, 0.15) is 85.1 Å². The number of amides is 1. The second kappa shape index (κ2) is 12.2. The summed E-state index contributed by atoms with van der Waals surface area (Å²) in [7, 11) is -3.54. The molecule has 1 unspecified atom stereocenters. The Balaban J connectivity index is 1.68. The van der Waals surface area contributed by atoms with Gasteiger partial charge in [-0.3, -0.25) is 4.79 Å². The van der Waals surface area contributed by atoms with Crippen molar-refractivity contribution in [2.75, 3.05) is 25.4 Å². The van der Waals surface area contributed by atoms with Crippen LogP contribution in [0.3, 0.4) is 0 Å². The molecule has 1 aliphatic carbocycles. The summed E-state index contributed by atoms with van der Waals surface area (Å²) in [4.78, 5) is 24.0. The summed E-state index contributed by atoms with van der Waals surface area (Å²) in [5, 5.41) is 10.3. The molecule has 3 aromatic rings. The summed E-state index contributed by atoms with van der Waals surface area (Å²) in [6.45, 7) is 7.25. The molecule has 5 rings (SSSR count). The minimum absolute atomic E-state index is 0.00209. The Hall–Kier alpha value is -3.02. The fraction of sp³-hybridized carbons (Fsp3) is 0.531. The molecule has 232 valence electrons. The highest BCUT2D eigenvalue weighted by atomic mass is 32.2. The number of rotatable bonds is 9. The number of hydrogen-bond acceptors (Lipinski definition) is 7. The van der Waals surface area contributed by atoms with Crippen LogP contribution < -0.4 is 5.73 Å². The molecular weight excluding hydrogens is 574 g/mol. The van der Waals surface area contributed by atoms with Gasteiger partial charge in [0, 0.05) is 48.3 Å². The Morgan fingerprint density at radius 1 is 1.23 bits per heavy atom. The number of carbonyl (C=O) groups excluding carboxylic acids is 1. The van der Waals surface area contributed by atoms with E-state index in [1.165, 1.54) is 12.3 Å². The first-order chi connectivity index (χ1) is 20.3. The minimum Gasteiger partial charge on any atom is -0.393 e. The lowest BCUT2D eigenvalue weighted by atomic mass is 9.76. The molecule has 11 heteroatoms. The molecule has 2 aliphatic rings. The molecule has 1 saturated heterocycles. The topological polar surface area (TPSA) is 126 Å². The van der Waals surface area contributed by atoms with E-state index in [1.807, 2.05) is 13.8 Å². The fourth-order valence-corrected chi connectivity index (χ4v) is 7.22. The van der Waals surface area contributed by atoms with Gasteiger partial charge < -0.3 is 15.7 Å². The monoisotopic (exact) mass is 614 g/mol. The van der Waals surface area contributed by atoms with Gasteiger partial charge in [0.05, 0.1) is 11.9 Å². The van der Waals surface area contributed by atoms with E-state index in [0.29, 0.717) is 79.5 Å². The SMILES string of the molecule is CCS(=O)(=O)c1ccc([C@H](CCN2CCC(O)CC2)c2c(C(N)=O)cc(F)c3nc4c(cc23)CC(F)(C(C)C)CC4)cn1. The maximum absolute atomic E-state index is 15.8. The van der Waals surface area contributed by atoms with E-state index >= 15 is 8.78 Å². The molecule has 0 radical (unpaired) electrons. The van der Waals surface area contributed by atoms with Crippen molar-refractivity contribution >= 4 is 26.6 Å². The van der Waals surface area contributed by atoms with Crippen LogP contribution >= 0.6 is 0 Å². The third-order valence-corrected chi connectivity index (χ3v) is 11.0. The zero-order chi connectivity index (χ0) is 31.1. The molecule has 0 saturated carbocycles. The van der Waals surface area contributed by atoms with Crippen LogP contribution in [0.2, 0.25) is 0 Å². The Labute approximate surface area is 251 Å². The predicted octanol–water partition coefficient (Wildman–Crippen LogP) is 4.49. The maximum Gasteiger partial charge on any atom is 0.249 e. The lowest BCUT2D eigenvalue weighted by Crippen LogP contribution is -2.37. The molecule has 8 nitrogen and oxygen atoms in total. The number of fused-ring (bicyclic) bond motifs is 2. The standard InChI is InChI=1S/C32H40F2N4O4S/c1-4-43(41,42)28-6-5-20(18-36-28)23(10-14-38-12-8-22(39)9-13-38)29-24-15-21-17-32(34,19(2)3)11-7-27(21)37-30(24)26(33)16-25(29)31(35)40/h5-6,15-16,18-19,22-23,39H,4,7-14,17H2,1-3H3,(H2,35,40)/t23-,32?/m0/s1. The number of nitrogens with zero attached hydrogens (tertiary/aromatic N) is 3. The number of pyridine rings is 2. The number of likely N-dealkylation sites (tertiary alicyclic amines) is 1. The van der Waals surface area contributed by atoms with Crippen molar-refractivity contribution in [1.82, 2.24) is 14.9 Å². The van der Waals surface area contributed by atoms with Crippen molar-refractivity contribution in [1.29, 1.82) is 0 Å². The van der Waals surface area contributed by atoms with E-state index < -0.39 is 33.1 Å². The summed E-state index contributed by atoms with van der Waals surface area (Å²) < 4.78 is 56.4. The van der Waals surface area contributed by atoms with Crippen LogP contribution in [-0.4, -0.2) is 71.5 Å². The van der Waals surface area contributed by atoms with E-state index in [1.54, 1.807) is 19.1 Å². The predicted molar refractivity (Wildman–Crippen MR) is 161 cm³/mol. The number of halogens is 2. The number of aliphatic hydroxyl groups excluding tert-OH is 1. The van der Waals surface area contributed by atoms with E-state index in [0.717, 1.165) is 6.07 Å². The number of primary amides is 1. The molecule has 1 fully saturated rings. The van der Waals surface area contributed by atoms with E-state index in [2.05, 4.69) is 14.9 Å². The van der Waals surface area contributed by atoms with Crippen LogP contribution in [-0.2, 0) is 22.7 Å². The highest BCUT2D eigenvalue weighted by Crippen LogP contribution is 2.41. The number of aliphatic hydroxyl groups is 1. The van der Waals surface area contributed by atoms with Crippen LogP contribution in [0, 0.1) is 11.7 Å². The second-order valence-corrected chi connectivity index (χ2v) is 14.5. The molecule has 1 aliphatic heterocycles. The molecule has 0 spiro atoms. The third-order valence-electron chi connectivity index (χ3n) is 9.33. The molecular formula is C32H40F2N4O4S. The Morgan fingerprint density at radius 3 is 2.56 bits per heavy atom. The molecule has 3 heterocycles. The van der Waals surface area contributed by atoms with Gasteiger partial charge in [-0.25, -0.2) is 27.2 Å². The molecule has 0 bridgehead atoms. The zero-order valence-corrected chi connectivity index (χ0v) is 25.8. The molecule has 43 heavy (non-hydrogen) atoms. The number of carbonyl (C=O) groups is 1. The van der Waals surface area contributed by atoms with Crippen LogP contribution in [0.5, 0.6) is 0 Å². The smallest absolute Gasteiger partial charge is 0.249 e. The molecule has 2 aromatic heterocycles. The van der Waals surface area contributed by atoms with E-state index in [9.17, 15) is 18.3 Å². The first kappa shape index (κ1) is 31.4. The zero-order valence-electron chi connectivity index (χ0n) is 24.9. The van der Waals surface area contributed by atoms with Crippen molar-refractivity contribution < 1.29 is 27.1 Å². The fourth-order valence-electron chi connectivity index (χ4n) is 6.43. The van der Waals surface area contributed by atoms with Crippen molar-refractivity contribution in [3.8, 4) is 0 Å². The maximum atomic E-state index is 15.8. The summed E-state index contributed by atoms with van der Waals surface area (Å²) >= 11 is 0. The van der Waals surface area contributed by atoms with Crippen molar-refractivity contribution in [3.05, 3.63) is 64.2 Å². The van der Waals surface area contributed by atoms with Crippen LogP contribution in [0.15, 0.2) is 35.5 Å². The van der Waals surface area contributed by atoms with Crippen molar-refractivity contribution in [2.45, 2.75) is 82.0 Å². The van der Waals surface area contributed by atoms with E-state index in [-0.39, 0.29) is 40.3 Å². The number of alkyl halides is 1. The lowest BCUT2D eigenvalue weighted by molar-refractivity contribution is 0.0815. The van der Waals surface area contributed by atoms with Crippen LogP contribution in [0.4, 0.5) is 8.78 Å². The number of benzene rings is 1. The average molecular weight is 615 g/mol. The Bertz CT molecular complexity index is 1620. The lowest BCUT2D eigenvalue weighted by Gasteiger charge is -2.34. The van der Waals surface area contributed by atoms with Gasteiger partial charge in [-0.05, 0) is 79.5 Å². The highest BCUT2D eigenvalue weighted by molar-refractivity contribution is 7.91. The average Bonchev–Trinajstić information content (AvgIpc) is 2.98. The number of sulfone groups is 1. The molecule has 1 aromatic carbocycles.